The molecule has 1 atom stereocenters. The molecule has 6 nitrogen and oxygen atoms in total. The highest BCUT2D eigenvalue weighted by Gasteiger charge is 2.33. The van der Waals surface area contributed by atoms with E-state index in [1.807, 2.05) is 24.3 Å². The zero-order valence-electron chi connectivity index (χ0n) is 17.8. The summed E-state index contributed by atoms with van der Waals surface area (Å²) in [6, 6.07) is 7.24. The fourth-order valence-electron chi connectivity index (χ4n) is 4.26. The minimum atomic E-state index is -0.507. The molecular formula is C23H33N3O3. The van der Waals surface area contributed by atoms with E-state index in [9.17, 15) is 9.59 Å². The Balaban J connectivity index is 1.82. The van der Waals surface area contributed by atoms with Crippen LogP contribution >= 0.6 is 0 Å². The first-order chi connectivity index (χ1) is 14.0. The van der Waals surface area contributed by atoms with Crippen LogP contribution in [0.5, 0.6) is 0 Å². The quantitative estimate of drug-likeness (QED) is 0.548. The second kappa shape index (κ2) is 9.81. The number of esters is 1. The number of allylic oxidation sites excluding steroid dienone is 1. The molecule has 1 aromatic rings. The second-order valence-corrected chi connectivity index (χ2v) is 7.85. The molecular weight excluding hydrogens is 366 g/mol. The van der Waals surface area contributed by atoms with Crippen LogP contribution in [-0.4, -0.2) is 31.2 Å². The molecule has 1 saturated carbocycles. The predicted molar refractivity (Wildman–Crippen MR) is 115 cm³/mol. The molecule has 0 spiro atoms. The molecule has 0 aromatic heterocycles. The van der Waals surface area contributed by atoms with Gasteiger partial charge in [-0.1, -0.05) is 25.0 Å². The molecule has 2 amide bonds. The van der Waals surface area contributed by atoms with Gasteiger partial charge in [0.1, 0.15) is 6.10 Å². The van der Waals surface area contributed by atoms with Crippen LogP contribution in [0.3, 0.4) is 0 Å². The first kappa shape index (κ1) is 21.2. The van der Waals surface area contributed by atoms with Crippen LogP contribution in [-0.2, 0) is 9.53 Å². The number of carbonyl (C=O) groups excluding carboxylic acids is 2. The number of ether oxygens (including phenoxy) is 1. The van der Waals surface area contributed by atoms with Crippen LogP contribution in [0, 0.1) is 0 Å². The maximum Gasteiger partial charge on any atom is 0.338 e. The summed E-state index contributed by atoms with van der Waals surface area (Å²) >= 11 is 0. The Morgan fingerprint density at radius 2 is 1.69 bits per heavy atom. The highest BCUT2D eigenvalue weighted by atomic mass is 16.5. The van der Waals surface area contributed by atoms with Crippen LogP contribution in [0.1, 0.15) is 70.9 Å². The number of benzene rings is 1. The Kier molecular flexibility index (Phi) is 7.18. The van der Waals surface area contributed by atoms with Gasteiger partial charge in [0.2, 0.25) is 0 Å². The maximum absolute atomic E-state index is 13.1. The van der Waals surface area contributed by atoms with E-state index in [1.165, 1.54) is 12.8 Å². The second-order valence-electron chi connectivity index (χ2n) is 7.85. The van der Waals surface area contributed by atoms with Crippen LogP contribution in [0.4, 0.5) is 10.5 Å². The molecule has 1 heterocycles. The molecule has 0 radical (unpaired) electrons. The number of carbonyl (C=O) groups is 2. The van der Waals surface area contributed by atoms with E-state index in [4.69, 9.17) is 4.74 Å². The van der Waals surface area contributed by atoms with Crippen molar-refractivity contribution in [3.05, 3.63) is 41.1 Å². The highest BCUT2D eigenvalue weighted by molar-refractivity contribution is 5.95. The van der Waals surface area contributed by atoms with Crippen molar-refractivity contribution in [3.8, 4) is 0 Å². The third kappa shape index (κ3) is 5.11. The zero-order valence-corrected chi connectivity index (χ0v) is 17.8. The first-order valence-corrected chi connectivity index (χ1v) is 10.9. The van der Waals surface area contributed by atoms with Crippen LogP contribution in [0.2, 0.25) is 0 Å². The lowest BCUT2D eigenvalue weighted by Gasteiger charge is -2.29. The monoisotopic (exact) mass is 399 g/mol. The zero-order chi connectivity index (χ0) is 20.8. The van der Waals surface area contributed by atoms with Crippen molar-refractivity contribution >= 4 is 17.7 Å². The van der Waals surface area contributed by atoms with Gasteiger partial charge >= 0.3 is 12.0 Å². The lowest BCUT2D eigenvalue weighted by molar-refractivity contribution is -0.145. The average molecular weight is 400 g/mol. The summed E-state index contributed by atoms with van der Waals surface area (Å²) in [5, 5.41) is 5.63. The van der Waals surface area contributed by atoms with E-state index >= 15 is 0 Å². The van der Waals surface area contributed by atoms with E-state index in [2.05, 4.69) is 29.4 Å². The third-order valence-corrected chi connectivity index (χ3v) is 5.92. The largest absolute Gasteiger partial charge is 0.459 e. The summed E-state index contributed by atoms with van der Waals surface area (Å²) in [7, 11) is 0. The number of nitrogens with one attached hydrogen (secondary N) is 2. The molecule has 0 unspecified atom stereocenters. The van der Waals surface area contributed by atoms with Crippen molar-refractivity contribution in [2.24, 2.45) is 0 Å². The molecule has 3 rings (SSSR count). The SMILES string of the molecule is CCN(CC)c1ccc([C@H]2NC(=O)NC(C)=C2C(=O)OC2CCCCCC2)cc1. The Morgan fingerprint density at radius 3 is 2.28 bits per heavy atom. The number of urea groups is 1. The lowest BCUT2D eigenvalue weighted by atomic mass is 9.95. The summed E-state index contributed by atoms with van der Waals surface area (Å²) in [5.74, 6) is -0.334. The molecule has 1 aliphatic carbocycles. The number of rotatable bonds is 6. The van der Waals surface area contributed by atoms with Gasteiger partial charge in [-0.05, 0) is 64.2 Å². The van der Waals surface area contributed by atoms with Crippen molar-refractivity contribution in [2.75, 3.05) is 18.0 Å². The lowest BCUT2D eigenvalue weighted by Crippen LogP contribution is -2.45. The topological polar surface area (TPSA) is 70.7 Å². The number of hydrogen-bond donors (Lipinski definition) is 2. The molecule has 2 aliphatic rings. The van der Waals surface area contributed by atoms with Gasteiger partial charge in [-0.2, -0.15) is 0 Å². The molecule has 1 aromatic carbocycles. The van der Waals surface area contributed by atoms with Gasteiger partial charge < -0.3 is 20.3 Å². The van der Waals surface area contributed by atoms with Gasteiger partial charge in [0.25, 0.3) is 0 Å². The number of nitrogens with zero attached hydrogens (tertiary/aromatic N) is 1. The molecule has 1 aliphatic heterocycles. The summed E-state index contributed by atoms with van der Waals surface area (Å²) in [5.41, 5.74) is 3.06. The molecule has 2 N–H and O–H groups in total. The fourth-order valence-corrected chi connectivity index (χ4v) is 4.26. The summed E-state index contributed by atoms with van der Waals surface area (Å²) in [6.45, 7) is 7.87. The number of hydrogen-bond acceptors (Lipinski definition) is 4. The van der Waals surface area contributed by atoms with E-state index in [-0.39, 0.29) is 18.1 Å². The first-order valence-electron chi connectivity index (χ1n) is 10.9. The maximum atomic E-state index is 13.1. The summed E-state index contributed by atoms with van der Waals surface area (Å²) in [4.78, 5) is 27.4. The molecule has 158 valence electrons. The predicted octanol–water partition coefficient (Wildman–Crippen LogP) is 4.43. The number of amides is 2. The standard InChI is InChI=1S/C23H33N3O3/c1-4-26(5-2)18-14-12-17(13-15-18)21-20(16(3)24-23(28)25-21)22(27)29-19-10-8-6-7-9-11-19/h12-15,19,21H,4-11H2,1-3H3,(H2,24,25,28)/t21-/m1/s1. The van der Waals surface area contributed by atoms with E-state index in [0.717, 1.165) is 50.0 Å². The minimum Gasteiger partial charge on any atom is -0.459 e. The smallest absolute Gasteiger partial charge is 0.338 e. The van der Waals surface area contributed by atoms with Crippen LogP contribution in [0.15, 0.2) is 35.5 Å². The van der Waals surface area contributed by atoms with Gasteiger partial charge in [-0.3, -0.25) is 0 Å². The van der Waals surface area contributed by atoms with Crippen LogP contribution < -0.4 is 15.5 Å². The molecule has 0 bridgehead atoms. The Labute approximate surface area is 173 Å². The minimum absolute atomic E-state index is 0.0337. The molecule has 0 saturated heterocycles. The van der Waals surface area contributed by atoms with Gasteiger partial charge in [0.15, 0.2) is 0 Å². The van der Waals surface area contributed by atoms with Gasteiger partial charge in [-0.25, -0.2) is 9.59 Å². The molecule has 29 heavy (non-hydrogen) atoms. The fraction of sp³-hybridized carbons (Fsp3) is 0.565. The highest BCUT2D eigenvalue weighted by Crippen LogP contribution is 2.30. The van der Waals surface area contributed by atoms with Crippen molar-refractivity contribution < 1.29 is 14.3 Å². The van der Waals surface area contributed by atoms with E-state index in [0.29, 0.717) is 11.3 Å². The Hall–Kier alpha value is -2.50. The van der Waals surface area contributed by atoms with Crippen molar-refractivity contribution in [3.63, 3.8) is 0 Å². The third-order valence-electron chi connectivity index (χ3n) is 5.92. The number of anilines is 1. The summed E-state index contributed by atoms with van der Waals surface area (Å²) < 4.78 is 5.87. The van der Waals surface area contributed by atoms with Gasteiger partial charge in [-0.15, -0.1) is 0 Å². The Morgan fingerprint density at radius 1 is 1.07 bits per heavy atom. The van der Waals surface area contributed by atoms with Crippen molar-refractivity contribution in [1.82, 2.24) is 10.6 Å². The van der Waals surface area contributed by atoms with Crippen LogP contribution in [0.25, 0.3) is 0 Å². The van der Waals surface area contributed by atoms with Crippen molar-refractivity contribution in [1.29, 1.82) is 0 Å². The Bertz CT molecular complexity index is 745. The molecule has 1 fully saturated rings. The molecule has 6 heteroatoms. The van der Waals surface area contributed by atoms with Gasteiger partial charge in [0.05, 0.1) is 11.6 Å². The van der Waals surface area contributed by atoms with Gasteiger partial charge in [0, 0.05) is 24.5 Å². The van der Waals surface area contributed by atoms with E-state index < -0.39 is 6.04 Å². The average Bonchev–Trinajstić information content (AvgIpc) is 2.97. The van der Waals surface area contributed by atoms with Crippen molar-refractivity contribution in [2.45, 2.75) is 71.4 Å². The normalized spacial score (nSPS) is 20.5. The van der Waals surface area contributed by atoms with E-state index in [1.54, 1.807) is 6.92 Å². The summed E-state index contributed by atoms with van der Waals surface area (Å²) in [6.07, 6.45) is 6.41.